The van der Waals surface area contributed by atoms with E-state index in [-0.39, 0.29) is 36.3 Å². The molecule has 0 aromatic heterocycles. The van der Waals surface area contributed by atoms with E-state index >= 15 is 0 Å². The van der Waals surface area contributed by atoms with Gasteiger partial charge in [-0.3, -0.25) is 9.59 Å². The predicted octanol–water partition coefficient (Wildman–Crippen LogP) is 0.0938. The quantitative estimate of drug-likeness (QED) is 0.648. The maximum Gasteiger partial charge on any atom is 0.243 e. The average molecular weight is 299 g/mol. The molecular weight excluding hydrogens is 270 g/mol. The Balaban J connectivity index is 2.72. The molecule has 0 spiro atoms. The summed E-state index contributed by atoms with van der Waals surface area (Å²) in [4.78, 5) is 26.3. The summed E-state index contributed by atoms with van der Waals surface area (Å²) in [6.45, 7) is 8.14. The summed E-state index contributed by atoms with van der Waals surface area (Å²) >= 11 is 0. The number of nitrogens with zero attached hydrogens (tertiary/aromatic N) is 1. The van der Waals surface area contributed by atoms with Gasteiger partial charge in [-0.2, -0.15) is 0 Å². The molecule has 0 bridgehead atoms. The zero-order chi connectivity index (χ0) is 16.2. The number of hydrogen-bond donors (Lipinski definition) is 3. The van der Waals surface area contributed by atoms with Crippen molar-refractivity contribution in [2.75, 3.05) is 13.2 Å². The molecule has 1 aliphatic rings. The highest BCUT2D eigenvalue weighted by Gasteiger charge is 2.37. The topological polar surface area (TPSA) is 95.7 Å². The third-order valence-corrected chi connectivity index (χ3v) is 4.17. The minimum atomic E-state index is -0.572. The van der Waals surface area contributed by atoms with Crippen molar-refractivity contribution in [3.8, 4) is 0 Å². The third-order valence-electron chi connectivity index (χ3n) is 4.17. The molecule has 2 amide bonds. The van der Waals surface area contributed by atoms with Gasteiger partial charge in [-0.15, -0.1) is 0 Å². The van der Waals surface area contributed by atoms with Crippen LogP contribution in [0.3, 0.4) is 0 Å². The number of aliphatic hydroxyl groups is 1. The van der Waals surface area contributed by atoms with Crippen LogP contribution in [-0.2, 0) is 9.59 Å². The van der Waals surface area contributed by atoms with Gasteiger partial charge in [0, 0.05) is 6.54 Å². The molecule has 0 aromatic carbocycles. The Morgan fingerprint density at radius 2 is 1.90 bits per heavy atom. The lowest BCUT2D eigenvalue weighted by Crippen LogP contribution is -2.54. The predicted molar refractivity (Wildman–Crippen MR) is 81.4 cm³/mol. The summed E-state index contributed by atoms with van der Waals surface area (Å²) in [5, 5.41) is 12.1. The number of nitrogens with one attached hydrogen (secondary N) is 1. The molecule has 21 heavy (non-hydrogen) atoms. The smallest absolute Gasteiger partial charge is 0.243 e. The Hall–Kier alpha value is -1.14. The molecule has 1 heterocycles. The molecule has 1 fully saturated rings. The molecule has 1 rings (SSSR count). The minimum Gasteiger partial charge on any atom is -0.394 e. The van der Waals surface area contributed by atoms with Crippen molar-refractivity contribution < 1.29 is 14.7 Å². The van der Waals surface area contributed by atoms with Crippen LogP contribution in [0.1, 0.15) is 40.5 Å². The highest BCUT2D eigenvalue weighted by Crippen LogP contribution is 2.20. The SMILES string of the molecule is CC(C)[C@H](N)C(=O)N1CCC[C@H]1C(=O)N[C@H](CO)C(C)C. The van der Waals surface area contributed by atoms with Crippen LogP contribution in [-0.4, -0.2) is 53.1 Å². The summed E-state index contributed by atoms with van der Waals surface area (Å²) in [6, 6.07) is -1.32. The number of likely N-dealkylation sites (tertiary alicyclic amines) is 1. The first-order valence-electron chi connectivity index (χ1n) is 7.76. The van der Waals surface area contributed by atoms with E-state index in [9.17, 15) is 14.7 Å². The second-order valence-corrected chi connectivity index (χ2v) is 6.50. The van der Waals surface area contributed by atoms with Gasteiger partial charge in [0.15, 0.2) is 0 Å². The van der Waals surface area contributed by atoms with Crippen molar-refractivity contribution in [1.82, 2.24) is 10.2 Å². The number of carbonyl (C=O) groups excluding carboxylic acids is 2. The van der Waals surface area contributed by atoms with Gasteiger partial charge in [-0.05, 0) is 24.7 Å². The second-order valence-electron chi connectivity index (χ2n) is 6.50. The molecule has 0 unspecified atom stereocenters. The number of rotatable bonds is 6. The summed E-state index contributed by atoms with van der Waals surface area (Å²) in [5.41, 5.74) is 5.91. The average Bonchev–Trinajstić information content (AvgIpc) is 2.91. The van der Waals surface area contributed by atoms with E-state index in [1.807, 2.05) is 27.7 Å². The van der Waals surface area contributed by atoms with Gasteiger partial charge >= 0.3 is 0 Å². The highest BCUT2D eigenvalue weighted by atomic mass is 16.3. The molecule has 0 saturated carbocycles. The normalized spacial score (nSPS) is 21.7. The van der Waals surface area contributed by atoms with Crippen molar-refractivity contribution in [3.63, 3.8) is 0 Å². The van der Waals surface area contributed by atoms with Gasteiger partial charge in [0.2, 0.25) is 11.8 Å². The number of aliphatic hydroxyl groups excluding tert-OH is 1. The minimum absolute atomic E-state index is 0.0441. The lowest BCUT2D eigenvalue weighted by molar-refractivity contribution is -0.140. The number of amides is 2. The largest absolute Gasteiger partial charge is 0.394 e. The van der Waals surface area contributed by atoms with Crippen molar-refractivity contribution in [3.05, 3.63) is 0 Å². The van der Waals surface area contributed by atoms with E-state index in [4.69, 9.17) is 5.73 Å². The van der Waals surface area contributed by atoms with Crippen molar-refractivity contribution in [2.24, 2.45) is 17.6 Å². The van der Waals surface area contributed by atoms with Crippen molar-refractivity contribution >= 4 is 11.8 Å². The Labute approximate surface area is 127 Å². The fourth-order valence-electron chi connectivity index (χ4n) is 2.48. The van der Waals surface area contributed by atoms with E-state index in [2.05, 4.69) is 5.32 Å². The Morgan fingerprint density at radius 1 is 1.29 bits per heavy atom. The first kappa shape index (κ1) is 17.9. The molecule has 0 radical (unpaired) electrons. The van der Waals surface area contributed by atoms with E-state index in [1.54, 1.807) is 4.90 Å². The summed E-state index contributed by atoms with van der Waals surface area (Å²) in [7, 11) is 0. The maximum atomic E-state index is 12.4. The number of nitrogens with two attached hydrogens (primary N) is 1. The molecule has 3 atom stereocenters. The van der Waals surface area contributed by atoms with Gasteiger partial charge in [0.25, 0.3) is 0 Å². The molecule has 4 N–H and O–H groups in total. The van der Waals surface area contributed by atoms with E-state index in [0.717, 1.165) is 6.42 Å². The first-order valence-corrected chi connectivity index (χ1v) is 7.76. The fourth-order valence-corrected chi connectivity index (χ4v) is 2.48. The Bertz CT molecular complexity index is 371. The van der Waals surface area contributed by atoms with Gasteiger partial charge in [0.05, 0.1) is 18.7 Å². The van der Waals surface area contributed by atoms with E-state index < -0.39 is 12.1 Å². The van der Waals surface area contributed by atoms with Crippen molar-refractivity contribution in [2.45, 2.75) is 58.7 Å². The number of carbonyl (C=O) groups is 2. The zero-order valence-electron chi connectivity index (χ0n) is 13.5. The maximum absolute atomic E-state index is 12.4. The standard InChI is InChI=1S/C15H29N3O3/c1-9(2)11(8-19)17-14(20)12-6-5-7-18(12)15(21)13(16)10(3)4/h9-13,19H,5-8,16H2,1-4H3,(H,17,20)/t11-,12+,13+/m1/s1. The number of hydrogen-bond acceptors (Lipinski definition) is 4. The van der Waals surface area contributed by atoms with Gasteiger partial charge in [0.1, 0.15) is 6.04 Å². The molecule has 1 saturated heterocycles. The first-order chi connectivity index (χ1) is 9.79. The molecular formula is C15H29N3O3. The van der Waals surface area contributed by atoms with E-state index in [1.165, 1.54) is 0 Å². The van der Waals surface area contributed by atoms with Crippen LogP contribution in [0, 0.1) is 11.8 Å². The molecule has 6 nitrogen and oxygen atoms in total. The van der Waals surface area contributed by atoms with Crippen molar-refractivity contribution in [1.29, 1.82) is 0 Å². The van der Waals surface area contributed by atoms with Crippen LogP contribution < -0.4 is 11.1 Å². The summed E-state index contributed by atoms with van der Waals surface area (Å²) in [6.07, 6.45) is 1.46. The van der Waals surface area contributed by atoms with Crippen LogP contribution in [0.15, 0.2) is 0 Å². The lowest BCUT2D eigenvalue weighted by atomic mass is 10.0. The third kappa shape index (κ3) is 4.41. The molecule has 6 heteroatoms. The van der Waals surface area contributed by atoms with Crippen LogP contribution in [0.5, 0.6) is 0 Å². The highest BCUT2D eigenvalue weighted by molar-refractivity contribution is 5.90. The summed E-state index contributed by atoms with van der Waals surface area (Å²) in [5.74, 6) is -0.164. The lowest BCUT2D eigenvalue weighted by Gasteiger charge is -2.30. The van der Waals surface area contributed by atoms with Crippen LogP contribution in [0.4, 0.5) is 0 Å². The molecule has 0 aliphatic carbocycles. The van der Waals surface area contributed by atoms with Crippen LogP contribution >= 0.6 is 0 Å². The van der Waals surface area contributed by atoms with Gasteiger partial charge < -0.3 is 21.1 Å². The summed E-state index contributed by atoms with van der Waals surface area (Å²) < 4.78 is 0. The molecule has 122 valence electrons. The second kappa shape index (κ2) is 7.75. The van der Waals surface area contributed by atoms with E-state index in [0.29, 0.717) is 13.0 Å². The zero-order valence-corrected chi connectivity index (χ0v) is 13.5. The monoisotopic (exact) mass is 299 g/mol. The molecule has 0 aromatic rings. The van der Waals surface area contributed by atoms with Crippen LogP contribution in [0.25, 0.3) is 0 Å². The molecule has 1 aliphatic heterocycles. The van der Waals surface area contributed by atoms with Gasteiger partial charge in [-0.25, -0.2) is 0 Å². The Morgan fingerprint density at radius 3 is 2.38 bits per heavy atom. The van der Waals surface area contributed by atoms with Crippen LogP contribution in [0.2, 0.25) is 0 Å². The Kier molecular flexibility index (Phi) is 6.61. The fraction of sp³-hybridized carbons (Fsp3) is 0.867. The van der Waals surface area contributed by atoms with Gasteiger partial charge in [-0.1, -0.05) is 27.7 Å².